The average Bonchev–Trinajstić information content (AvgIpc) is 2.86. The fraction of sp³-hybridized carbons (Fsp3) is 0.207. The lowest BCUT2D eigenvalue weighted by Gasteiger charge is -2.19. The van der Waals surface area contributed by atoms with Gasteiger partial charge in [-0.2, -0.15) is 0 Å². The van der Waals surface area contributed by atoms with Crippen LogP contribution in [0.5, 0.6) is 0 Å². The van der Waals surface area contributed by atoms with Gasteiger partial charge in [-0.3, -0.25) is 4.79 Å². The zero-order valence-electron chi connectivity index (χ0n) is 20.2. The predicted molar refractivity (Wildman–Crippen MR) is 136 cm³/mol. The summed E-state index contributed by atoms with van der Waals surface area (Å²) in [5.41, 5.74) is 3.74. The third-order valence-corrected chi connectivity index (χ3v) is 6.02. The van der Waals surface area contributed by atoms with Gasteiger partial charge in [0.1, 0.15) is 12.2 Å². The van der Waals surface area contributed by atoms with Gasteiger partial charge in [-0.05, 0) is 60.4 Å². The molecule has 0 atom stereocenters. The summed E-state index contributed by atoms with van der Waals surface area (Å²) in [7, 11) is 1.66. The predicted octanol–water partition coefficient (Wildman–Crippen LogP) is 5.86. The highest BCUT2D eigenvalue weighted by atomic mass is 16.5. The van der Waals surface area contributed by atoms with Gasteiger partial charge in [-0.15, -0.1) is 0 Å². The molecule has 6 heteroatoms. The Balaban J connectivity index is 1.62. The van der Waals surface area contributed by atoms with E-state index in [1.54, 1.807) is 31.3 Å². The van der Waals surface area contributed by atoms with Crippen molar-refractivity contribution < 1.29 is 18.7 Å². The third kappa shape index (κ3) is 5.01. The Hall–Kier alpha value is -4.19. The quantitative estimate of drug-likeness (QED) is 0.261. The molecule has 4 aromatic rings. The topological polar surface area (TPSA) is 76.8 Å². The Bertz CT molecular complexity index is 1450. The SMILES string of the molecule is Cc1cc2oc(=O)cc(COC(=O)c3ccccc3C(=O)N(C)c3ccccc3)c2cc1C(C)C. The van der Waals surface area contributed by atoms with Crippen LogP contribution in [0.15, 0.2) is 82.0 Å². The lowest BCUT2D eigenvalue weighted by molar-refractivity contribution is 0.0471. The molecular formula is C29H27NO5. The minimum atomic E-state index is -0.645. The van der Waals surface area contributed by atoms with Crippen molar-refractivity contribution in [3.05, 3.63) is 111 Å². The number of fused-ring (bicyclic) bond motifs is 1. The minimum Gasteiger partial charge on any atom is -0.457 e. The summed E-state index contributed by atoms with van der Waals surface area (Å²) in [6, 6.07) is 20.9. The number of benzene rings is 3. The van der Waals surface area contributed by atoms with Crippen molar-refractivity contribution >= 4 is 28.5 Å². The molecule has 0 unspecified atom stereocenters. The Morgan fingerprint density at radius 3 is 2.29 bits per heavy atom. The molecule has 0 spiro atoms. The zero-order chi connectivity index (χ0) is 25.1. The molecule has 0 fully saturated rings. The number of carbonyl (C=O) groups excluding carboxylic acids is 2. The second-order valence-electron chi connectivity index (χ2n) is 8.77. The van der Waals surface area contributed by atoms with Crippen LogP contribution in [-0.2, 0) is 11.3 Å². The number of para-hydroxylation sites is 1. The molecule has 178 valence electrons. The fourth-order valence-electron chi connectivity index (χ4n) is 4.15. The maximum atomic E-state index is 13.2. The first kappa shape index (κ1) is 24.0. The molecule has 0 bridgehead atoms. The van der Waals surface area contributed by atoms with Crippen LogP contribution in [-0.4, -0.2) is 18.9 Å². The van der Waals surface area contributed by atoms with Crippen LogP contribution < -0.4 is 10.5 Å². The Morgan fingerprint density at radius 2 is 1.60 bits per heavy atom. The minimum absolute atomic E-state index is 0.126. The number of esters is 1. The van der Waals surface area contributed by atoms with Crippen LogP contribution in [0.3, 0.4) is 0 Å². The van der Waals surface area contributed by atoms with E-state index in [9.17, 15) is 14.4 Å². The molecule has 4 rings (SSSR count). The fourth-order valence-corrected chi connectivity index (χ4v) is 4.15. The molecular weight excluding hydrogens is 442 g/mol. The number of carbonyl (C=O) groups is 2. The Labute approximate surface area is 203 Å². The summed E-state index contributed by atoms with van der Waals surface area (Å²) in [6.45, 7) is 6.03. The van der Waals surface area contributed by atoms with Gasteiger partial charge >= 0.3 is 11.6 Å². The second kappa shape index (κ2) is 9.97. The lowest BCUT2D eigenvalue weighted by Crippen LogP contribution is -2.28. The van der Waals surface area contributed by atoms with E-state index in [0.717, 1.165) is 16.5 Å². The molecule has 1 heterocycles. The summed E-state index contributed by atoms with van der Waals surface area (Å²) in [5, 5.41) is 0.722. The maximum absolute atomic E-state index is 13.2. The molecule has 35 heavy (non-hydrogen) atoms. The molecule has 3 aromatic carbocycles. The number of ether oxygens (including phenoxy) is 1. The van der Waals surface area contributed by atoms with Gasteiger partial charge < -0.3 is 14.1 Å². The number of aryl methyl sites for hydroxylation is 1. The number of nitrogens with zero attached hydrogens (tertiary/aromatic N) is 1. The van der Waals surface area contributed by atoms with Crippen molar-refractivity contribution in [1.29, 1.82) is 0 Å². The van der Waals surface area contributed by atoms with Crippen LogP contribution in [0, 0.1) is 6.92 Å². The normalized spacial score (nSPS) is 11.0. The highest BCUT2D eigenvalue weighted by Gasteiger charge is 2.22. The van der Waals surface area contributed by atoms with E-state index in [1.807, 2.05) is 49.4 Å². The van der Waals surface area contributed by atoms with Crippen molar-refractivity contribution in [2.24, 2.45) is 0 Å². The van der Waals surface area contributed by atoms with E-state index >= 15 is 0 Å². The van der Waals surface area contributed by atoms with Gasteiger partial charge in [0.25, 0.3) is 5.91 Å². The smallest absolute Gasteiger partial charge is 0.339 e. The van der Waals surface area contributed by atoms with E-state index in [-0.39, 0.29) is 29.6 Å². The largest absolute Gasteiger partial charge is 0.457 e. The monoisotopic (exact) mass is 469 g/mol. The summed E-state index contributed by atoms with van der Waals surface area (Å²) < 4.78 is 11.0. The van der Waals surface area contributed by atoms with Crippen molar-refractivity contribution in [1.82, 2.24) is 0 Å². The molecule has 0 saturated carbocycles. The van der Waals surface area contributed by atoms with E-state index in [2.05, 4.69) is 13.8 Å². The maximum Gasteiger partial charge on any atom is 0.339 e. The number of hydrogen-bond donors (Lipinski definition) is 0. The standard InChI is InChI=1S/C29H27NO5/c1-18(2)24-16-25-20(15-27(31)35-26(25)14-19(24)3)17-34-29(33)23-13-9-8-12-22(23)28(32)30(4)21-10-6-5-7-11-21/h5-16,18H,17H2,1-4H3. The first-order valence-corrected chi connectivity index (χ1v) is 11.4. The molecule has 0 N–H and O–H groups in total. The second-order valence-corrected chi connectivity index (χ2v) is 8.77. The summed E-state index contributed by atoms with van der Waals surface area (Å²) >= 11 is 0. The molecule has 1 amide bonds. The molecule has 0 aliphatic heterocycles. The highest BCUT2D eigenvalue weighted by molar-refractivity contribution is 6.12. The van der Waals surface area contributed by atoms with Crippen molar-refractivity contribution in [3.8, 4) is 0 Å². The Morgan fingerprint density at radius 1 is 0.943 bits per heavy atom. The summed E-state index contributed by atoms with van der Waals surface area (Å²) in [6.07, 6.45) is 0. The van der Waals surface area contributed by atoms with Crippen molar-refractivity contribution in [2.45, 2.75) is 33.3 Å². The van der Waals surface area contributed by atoms with Crippen molar-refractivity contribution in [3.63, 3.8) is 0 Å². The van der Waals surface area contributed by atoms with Crippen LogP contribution in [0.4, 0.5) is 5.69 Å². The molecule has 6 nitrogen and oxygen atoms in total. The molecule has 0 aliphatic rings. The lowest BCUT2D eigenvalue weighted by atomic mass is 9.95. The van der Waals surface area contributed by atoms with E-state index < -0.39 is 11.6 Å². The van der Waals surface area contributed by atoms with Gasteiger partial charge in [0.2, 0.25) is 0 Å². The zero-order valence-corrected chi connectivity index (χ0v) is 20.2. The van der Waals surface area contributed by atoms with Gasteiger partial charge in [0.15, 0.2) is 0 Å². The van der Waals surface area contributed by atoms with E-state index in [1.165, 1.54) is 11.0 Å². The Kier molecular flexibility index (Phi) is 6.82. The van der Waals surface area contributed by atoms with Crippen LogP contribution >= 0.6 is 0 Å². The first-order valence-electron chi connectivity index (χ1n) is 11.4. The van der Waals surface area contributed by atoms with Crippen LogP contribution in [0.25, 0.3) is 11.0 Å². The van der Waals surface area contributed by atoms with Gasteiger partial charge in [0, 0.05) is 29.8 Å². The molecule has 1 aromatic heterocycles. The number of anilines is 1. The number of hydrogen-bond acceptors (Lipinski definition) is 5. The van der Waals surface area contributed by atoms with E-state index in [4.69, 9.17) is 9.15 Å². The van der Waals surface area contributed by atoms with Gasteiger partial charge in [-0.1, -0.05) is 44.2 Å². The van der Waals surface area contributed by atoms with Crippen LogP contribution in [0.1, 0.15) is 57.2 Å². The average molecular weight is 470 g/mol. The third-order valence-electron chi connectivity index (χ3n) is 6.02. The molecule has 0 radical (unpaired) electrons. The van der Waals surface area contributed by atoms with Crippen molar-refractivity contribution in [2.75, 3.05) is 11.9 Å². The van der Waals surface area contributed by atoms with Gasteiger partial charge in [-0.25, -0.2) is 9.59 Å². The van der Waals surface area contributed by atoms with Crippen LogP contribution in [0.2, 0.25) is 0 Å². The summed E-state index contributed by atoms with van der Waals surface area (Å²) in [4.78, 5) is 39.8. The first-order chi connectivity index (χ1) is 16.8. The van der Waals surface area contributed by atoms with Gasteiger partial charge in [0.05, 0.1) is 11.1 Å². The molecule has 0 saturated heterocycles. The number of rotatable bonds is 6. The highest BCUT2D eigenvalue weighted by Crippen LogP contribution is 2.27. The number of amides is 1. The molecule has 0 aliphatic carbocycles. The van der Waals surface area contributed by atoms with E-state index in [0.29, 0.717) is 16.8 Å². The summed E-state index contributed by atoms with van der Waals surface area (Å²) in [5.74, 6) is -0.694.